The number of ether oxygens (including phenoxy) is 1. The van der Waals surface area contributed by atoms with Crippen LogP contribution in [0.15, 0.2) is 58.9 Å². The number of nitrogens with two attached hydrogens (primary N) is 1. The molecular formula is C20H15F3N8O3S. The number of carbonyl (C=O) groups excluding carboxylic acids is 2. The molecule has 2 heterocycles. The maximum absolute atomic E-state index is 12.5. The molecule has 4 rings (SSSR count). The molecule has 4 aromatic rings. The molecule has 0 aliphatic carbocycles. The number of rotatable bonds is 5. The third kappa shape index (κ3) is 6.23. The highest BCUT2D eigenvalue weighted by Gasteiger charge is 2.32. The Morgan fingerprint density at radius 2 is 1.80 bits per heavy atom. The molecule has 2 aromatic heterocycles. The number of aromatic nitrogens is 3. The highest BCUT2D eigenvalue weighted by molar-refractivity contribution is 7.14. The zero-order valence-corrected chi connectivity index (χ0v) is 18.2. The summed E-state index contributed by atoms with van der Waals surface area (Å²) in [6, 6.07) is 11.3. The van der Waals surface area contributed by atoms with Crippen molar-refractivity contribution in [3.8, 4) is 5.75 Å². The minimum atomic E-state index is -4.93. The molecule has 35 heavy (non-hydrogen) atoms. The number of guanidine groups is 1. The minimum Gasteiger partial charge on any atom is -0.404 e. The van der Waals surface area contributed by atoms with Gasteiger partial charge in [-0.1, -0.05) is 24.3 Å². The summed E-state index contributed by atoms with van der Waals surface area (Å²) >= 11 is 0.911. The number of H-pyrrole nitrogens is 1. The van der Waals surface area contributed by atoms with Crippen LogP contribution >= 0.6 is 11.3 Å². The number of anilines is 2. The molecule has 0 aliphatic heterocycles. The Balaban J connectivity index is 1.36. The smallest absolute Gasteiger partial charge is 0.404 e. The predicted octanol–water partition coefficient (Wildman–Crippen LogP) is 3.94. The second kappa shape index (κ2) is 9.68. The van der Waals surface area contributed by atoms with Gasteiger partial charge in [0.25, 0.3) is 5.91 Å². The normalized spacial score (nSPS) is 11.8. The number of hydrogen-bond acceptors (Lipinski definition) is 7. The third-order valence-electron chi connectivity index (χ3n) is 4.16. The molecule has 0 fully saturated rings. The Kier molecular flexibility index (Phi) is 6.50. The van der Waals surface area contributed by atoms with E-state index in [0.29, 0.717) is 5.52 Å². The molecule has 0 spiro atoms. The van der Waals surface area contributed by atoms with Crippen LogP contribution in [-0.2, 0) is 0 Å². The summed E-state index contributed by atoms with van der Waals surface area (Å²) in [6.07, 6.45) is -4.93. The van der Waals surface area contributed by atoms with E-state index in [1.165, 1.54) is 23.6 Å². The van der Waals surface area contributed by atoms with Crippen LogP contribution in [0, 0.1) is 0 Å². The molecule has 0 saturated heterocycles. The Morgan fingerprint density at radius 1 is 1.06 bits per heavy atom. The molecule has 0 unspecified atom stereocenters. The molecule has 0 atom stereocenters. The van der Waals surface area contributed by atoms with Crippen LogP contribution in [0.1, 0.15) is 10.5 Å². The summed E-state index contributed by atoms with van der Waals surface area (Å²) in [5, 5.41) is 8.26. The van der Waals surface area contributed by atoms with Crippen molar-refractivity contribution in [2.75, 3.05) is 10.6 Å². The summed E-state index contributed by atoms with van der Waals surface area (Å²) in [5.74, 6) is -1.34. The maximum Gasteiger partial charge on any atom is 0.573 e. The van der Waals surface area contributed by atoms with Gasteiger partial charge >= 0.3 is 12.4 Å². The van der Waals surface area contributed by atoms with E-state index in [-0.39, 0.29) is 28.4 Å². The van der Waals surface area contributed by atoms with E-state index in [1.807, 2.05) is 12.1 Å². The number of amides is 3. The lowest BCUT2D eigenvalue weighted by Gasteiger charge is -2.13. The first-order chi connectivity index (χ1) is 16.7. The average Bonchev–Trinajstić information content (AvgIpc) is 3.40. The first kappa shape index (κ1) is 23.5. The van der Waals surface area contributed by atoms with Gasteiger partial charge < -0.3 is 20.8 Å². The van der Waals surface area contributed by atoms with Crippen molar-refractivity contribution in [2.45, 2.75) is 6.36 Å². The van der Waals surface area contributed by atoms with E-state index in [4.69, 9.17) is 5.73 Å². The zero-order valence-electron chi connectivity index (χ0n) is 17.4. The van der Waals surface area contributed by atoms with Crippen LogP contribution in [0.5, 0.6) is 5.75 Å². The molecule has 11 nitrogen and oxygen atoms in total. The number of carbonyl (C=O) groups is 2. The molecule has 0 radical (unpaired) electrons. The summed E-state index contributed by atoms with van der Waals surface area (Å²) < 4.78 is 41.5. The van der Waals surface area contributed by atoms with Crippen molar-refractivity contribution in [2.24, 2.45) is 10.7 Å². The van der Waals surface area contributed by atoms with Crippen LogP contribution in [0.25, 0.3) is 11.0 Å². The molecule has 0 aliphatic rings. The number of fused-ring (bicyclic) bond motifs is 1. The van der Waals surface area contributed by atoms with Gasteiger partial charge in [-0.25, -0.2) is 14.8 Å². The molecule has 3 amide bonds. The Morgan fingerprint density at radius 3 is 2.57 bits per heavy atom. The number of hydrogen-bond donors (Lipinski definition) is 5. The van der Waals surface area contributed by atoms with E-state index < -0.39 is 24.1 Å². The number of thiazole rings is 1. The fraction of sp³-hybridized carbons (Fsp3) is 0.0500. The average molecular weight is 504 g/mol. The third-order valence-corrected chi connectivity index (χ3v) is 4.92. The number of nitrogens with one attached hydrogen (secondary N) is 4. The van der Waals surface area contributed by atoms with Crippen molar-refractivity contribution < 1.29 is 27.5 Å². The van der Waals surface area contributed by atoms with Gasteiger partial charge in [0.05, 0.1) is 16.7 Å². The number of nitrogens with zero attached hydrogens (tertiary/aromatic N) is 3. The standard InChI is InChI=1S/C20H15F3N8O3S/c21-20(22,23)34-14-8-4-3-7-12(14)27-18(33)31-19-28-13(9-35-19)15(32)29-16(24)30-17-25-10-5-1-2-6-11(10)26-17/h1-9H,(H2,27,28,31,33)(H4,24,25,26,29,30,32). The van der Waals surface area contributed by atoms with Crippen LogP contribution < -0.4 is 26.4 Å². The minimum absolute atomic E-state index is 0.00895. The molecule has 2 aromatic carbocycles. The second-order valence-corrected chi connectivity index (χ2v) is 7.55. The number of para-hydroxylation sites is 4. The highest BCUT2D eigenvalue weighted by atomic mass is 32.1. The molecule has 0 bridgehead atoms. The molecular weight excluding hydrogens is 489 g/mol. The SMILES string of the molecule is NC(=Nc1nc2ccccc2[nH]1)NC(=O)c1csc(NC(=O)Nc2ccccc2OC(F)(F)F)n1. The lowest BCUT2D eigenvalue weighted by atomic mass is 10.3. The topological polar surface area (TPSA) is 159 Å². The van der Waals surface area contributed by atoms with Gasteiger partial charge in [-0.2, -0.15) is 4.99 Å². The number of imidazole rings is 1. The van der Waals surface area contributed by atoms with Gasteiger partial charge in [-0.15, -0.1) is 24.5 Å². The van der Waals surface area contributed by atoms with E-state index in [0.717, 1.165) is 22.9 Å². The maximum atomic E-state index is 12.5. The van der Waals surface area contributed by atoms with Crippen molar-refractivity contribution in [3.05, 3.63) is 59.6 Å². The van der Waals surface area contributed by atoms with E-state index in [9.17, 15) is 22.8 Å². The first-order valence-electron chi connectivity index (χ1n) is 9.65. The number of alkyl halides is 3. The number of benzene rings is 2. The quantitative estimate of drug-likeness (QED) is 0.204. The van der Waals surface area contributed by atoms with Crippen molar-refractivity contribution in [1.29, 1.82) is 0 Å². The number of halogens is 3. The van der Waals surface area contributed by atoms with Crippen LogP contribution in [-0.4, -0.2) is 39.2 Å². The Labute approximate surface area is 198 Å². The van der Waals surface area contributed by atoms with E-state index >= 15 is 0 Å². The van der Waals surface area contributed by atoms with Crippen molar-refractivity contribution >= 4 is 57.0 Å². The fourth-order valence-electron chi connectivity index (χ4n) is 2.78. The monoisotopic (exact) mass is 504 g/mol. The van der Waals surface area contributed by atoms with E-state index in [2.05, 4.69) is 40.6 Å². The fourth-order valence-corrected chi connectivity index (χ4v) is 3.47. The van der Waals surface area contributed by atoms with Gasteiger partial charge in [0, 0.05) is 5.38 Å². The van der Waals surface area contributed by atoms with Crippen molar-refractivity contribution in [3.63, 3.8) is 0 Å². The lowest BCUT2D eigenvalue weighted by molar-refractivity contribution is -0.274. The van der Waals surface area contributed by atoms with Gasteiger partial charge in [-0.3, -0.25) is 15.4 Å². The number of aromatic amines is 1. The van der Waals surface area contributed by atoms with Gasteiger partial charge in [0.1, 0.15) is 5.69 Å². The molecule has 6 N–H and O–H groups in total. The van der Waals surface area contributed by atoms with Crippen LogP contribution in [0.3, 0.4) is 0 Å². The molecule has 15 heteroatoms. The highest BCUT2D eigenvalue weighted by Crippen LogP contribution is 2.30. The van der Waals surface area contributed by atoms with Gasteiger partial charge in [-0.05, 0) is 24.3 Å². The molecule has 0 saturated carbocycles. The van der Waals surface area contributed by atoms with Gasteiger partial charge in [0.15, 0.2) is 10.9 Å². The lowest BCUT2D eigenvalue weighted by Crippen LogP contribution is -2.36. The summed E-state index contributed by atoms with van der Waals surface area (Å²) in [6.45, 7) is 0. The second-order valence-electron chi connectivity index (χ2n) is 6.69. The van der Waals surface area contributed by atoms with Crippen molar-refractivity contribution in [1.82, 2.24) is 20.3 Å². The van der Waals surface area contributed by atoms with E-state index in [1.54, 1.807) is 12.1 Å². The zero-order chi connectivity index (χ0) is 25.0. The Hall–Kier alpha value is -4.66. The Bertz CT molecular complexity index is 1380. The predicted molar refractivity (Wildman–Crippen MR) is 123 cm³/mol. The van der Waals surface area contributed by atoms with Gasteiger partial charge in [0.2, 0.25) is 11.9 Å². The first-order valence-corrected chi connectivity index (χ1v) is 10.5. The summed E-state index contributed by atoms with van der Waals surface area (Å²) in [7, 11) is 0. The van der Waals surface area contributed by atoms with Crippen LogP contribution in [0.4, 0.5) is 34.7 Å². The summed E-state index contributed by atoms with van der Waals surface area (Å²) in [5.41, 5.74) is 6.88. The summed E-state index contributed by atoms with van der Waals surface area (Å²) in [4.78, 5) is 39.7. The number of aliphatic imine (C=N–C) groups is 1. The van der Waals surface area contributed by atoms with Crippen LogP contribution in [0.2, 0.25) is 0 Å². The number of urea groups is 1. The molecule has 180 valence electrons. The largest absolute Gasteiger partial charge is 0.573 e.